The van der Waals surface area contributed by atoms with Gasteiger partial charge in [-0.2, -0.15) is 0 Å². The maximum absolute atomic E-state index is 8.24. The van der Waals surface area contributed by atoms with Gasteiger partial charge in [-0.15, -0.1) is 0 Å². The van der Waals surface area contributed by atoms with Crippen molar-refractivity contribution >= 4 is 5.71 Å². The van der Waals surface area contributed by atoms with Crippen LogP contribution in [0.5, 0.6) is 0 Å². The fourth-order valence-electron chi connectivity index (χ4n) is 0.824. The van der Waals surface area contributed by atoms with Crippen LogP contribution in [0.15, 0.2) is 5.16 Å². The van der Waals surface area contributed by atoms with Crippen LogP contribution in [0.2, 0.25) is 0 Å². The van der Waals surface area contributed by atoms with Crippen molar-refractivity contribution < 1.29 is 5.21 Å². The first kappa shape index (κ1) is 5.56. The Balaban J connectivity index is 2.33. The number of nitrogens with zero attached hydrogens (tertiary/aromatic N) is 1. The minimum atomic E-state index is 0.760. The SMILES string of the molecule is O/N=C1\CCCNC1. The lowest BCUT2D eigenvalue weighted by atomic mass is 10.1. The predicted molar refractivity (Wildman–Crippen MR) is 31.3 cm³/mol. The van der Waals surface area contributed by atoms with Crippen LogP contribution in [0.3, 0.4) is 0 Å². The van der Waals surface area contributed by atoms with Crippen LogP contribution < -0.4 is 5.32 Å². The van der Waals surface area contributed by atoms with Crippen molar-refractivity contribution in [2.45, 2.75) is 12.8 Å². The maximum Gasteiger partial charge on any atom is 0.0708 e. The molecule has 0 amide bonds. The van der Waals surface area contributed by atoms with Gasteiger partial charge in [0.05, 0.1) is 5.71 Å². The van der Waals surface area contributed by atoms with Crippen LogP contribution in [0, 0.1) is 0 Å². The van der Waals surface area contributed by atoms with Crippen molar-refractivity contribution in [1.82, 2.24) is 5.32 Å². The molecule has 0 atom stereocenters. The van der Waals surface area contributed by atoms with E-state index in [1.54, 1.807) is 0 Å². The summed E-state index contributed by atoms with van der Waals surface area (Å²) in [5, 5.41) is 14.4. The van der Waals surface area contributed by atoms with E-state index < -0.39 is 0 Å². The molecule has 3 heteroatoms. The molecule has 0 aromatic rings. The molecule has 1 heterocycles. The van der Waals surface area contributed by atoms with Crippen molar-refractivity contribution in [2.24, 2.45) is 5.16 Å². The summed E-state index contributed by atoms with van der Waals surface area (Å²) in [6.45, 7) is 1.82. The van der Waals surface area contributed by atoms with Crippen molar-refractivity contribution in [3.05, 3.63) is 0 Å². The average molecular weight is 114 g/mol. The fraction of sp³-hybridized carbons (Fsp3) is 0.800. The fourth-order valence-corrected chi connectivity index (χ4v) is 0.824. The van der Waals surface area contributed by atoms with Crippen LogP contribution in [0.4, 0.5) is 0 Å². The number of piperidine rings is 1. The van der Waals surface area contributed by atoms with Gasteiger partial charge in [0.2, 0.25) is 0 Å². The molecule has 0 bridgehead atoms. The third-order valence-electron chi connectivity index (χ3n) is 1.29. The molecule has 0 spiro atoms. The molecule has 1 rings (SSSR count). The average Bonchev–Trinajstić information content (AvgIpc) is 1.90. The lowest BCUT2D eigenvalue weighted by Gasteiger charge is -2.11. The van der Waals surface area contributed by atoms with Gasteiger partial charge < -0.3 is 10.5 Å². The van der Waals surface area contributed by atoms with Crippen LogP contribution in [0.25, 0.3) is 0 Å². The van der Waals surface area contributed by atoms with Crippen molar-refractivity contribution in [1.29, 1.82) is 0 Å². The minimum absolute atomic E-state index is 0.760. The summed E-state index contributed by atoms with van der Waals surface area (Å²) < 4.78 is 0. The van der Waals surface area contributed by atoms with Gasteiger partial charge in [0, 0.05) is 6.54 Å². The zero-order valence-corrected chi connectivity index (χ0v) is 4.72. The highest BCUT2D eigenvalue weighted by molar-refractivity contribution is 5.86. The van der Waals surface area contributed by atoms with E-state index in [4.69, 9.17) is 5.21 Å². The van der Waals surface area contributed by atoms with Gasteiger partial charge in [0.25, 0.3) is 0 Å². The van der Waals surface area contributed by atoms with E-state index in [-0.39, 0.29) is 0 Å². The van der Waals surface area contributed by atoms with Crippen LogP contribution in [0.1, 0.15) is 12.8 Å². The van der Waals surface area contributed by atoms with Crippen molar-refractivity contribution in [3.63, 3.8) is 0 Å². The number of oxime groups is 1. The zero-order chi connectivity index (χ0) is 5.82. The Morgan fingerprint density at radius 1 is 1.62 bits per heavy atom. The topological polar surface area (TPSA) is 44.6 Å². The van der Waals surface area contributed by atoms with Crippen LogP contribution in [-0.2, 0) is 0 Å². The third-order valence-corrected chi connectivity index (χ3v) is 1.29. The molecule has 2 N–H and O–H groups in total. The van der Waals surface area contributed by atoms with Crippen LogP contribution >= 0.6 is 0 Å². The molecule has 0 unspecified atom stereocenters. The van der Waals surface area contributed by atoms with Crippen LogP contribution in [-0.4, -0.2) is 24.0 Å². The Hall–Kier alpha value is -0.570. The largest absolute Gasteiger partial charge is 0.411 e. The Kier molecular flexibility index (Phi) is 1.86. The van der Waals surface area contributed by atoms with E-state index in [0.717, 1.165) is 31.6 Å². The van der Waals surface area contributed by atoms with E-state index >= 15 is 0 Å². The highest BCUT2D eigenvalue weighted by atomic mass is 16.4. The number of hydrogen-bond acceptors (Lipinski definition) is 3. The molecule has 0 aliphatic carbocycles. The molecule has 0 saturated carbocycles. The zero-order valence-electron chi connectivity index (χ0n) is 4.72. The predicted octanol–water partition coefficient (Wildman–Crippen LogP) is 0.200. The summed E-state index contributed by atoms with van der Waals surface area (Å²) >= 11 is 0. The second-order valence-corrected chi connectivity index (χ2v) is 1.95. The van der Waals surface area contributed by atoms with Gasteiger partial charge in [-0.05, 0) is 19.4 Å². The van der Waals surface area contributed by atoms with E-state index in [1.165, 1.54) is 0 Å². The molecule has 8 heavy (non-hydrogen) atoms. The van der Waals surface area contributed by atoms with Crippen molar-refractivity contribution in [2.75, 3.05) is 13.1 Å². The van der Waals surface area contributed by atoms with Gasteiger partial charge >= 0.3 is 0 Å². The first-order valence-electron chi connectivity index (χ1n) is 2.84. The minimum Gasteiger partial charge on any atom is -0.411 e. The molecule has 1 saturated heterocycles. The van der Waals surface area contributed by atoms with Gasteiger partial charge in [-0.3, -0.25) is 0 Å². The number of nitrogens with one attached hydrogen (secondary N) is 1. The Morgan fingerprint density at radius 2 is 2.50 bits per heavy atom. The van der Waals surface area contributed by atoms with Gasteiger partial charge in [-0.1, -0.05) is 5.16 Å². The smallest absolute Gasteiger partial charge is 0.0708 e. The molecule has 0 aromatic carbocycles. The first-order chi connectivity index (χ1) is 3.93. The van der Waals surface area contributed by atoms with E-state index in [9.17, 15) is 0 Å². The van der Waals surface area contributed by atoms with Crippen molar-refractivity contribution in [3.8, 4) is 0 Å². The summed E-state index contributed by atoms with van der Waals surface area (Å²) in [6.07, 6.45) is 2.04. The van der Waals surface area contributed by atoms with Gasteiger partial charge in [0.1, 0.15) is 0 Å². The summed E-state index contributed by atoms with van der Waals surface area (Å²) in [5.41, 5.74) is 0.872. The highest BCUT2D eigenvalue weighted by Crippen LogP contribution is 1.95. The van der Waals surface area contributed by atoms with Gasteiger partial charge in [0.15, 0.2) is 0 Å². The molecular weight excluding hydrogens is 104 g/mol. The molecular formula is C5H10N2O. The number of rotatable bonds is 0. The second kappa shape index (κ2) is 2.67. The molecule has 46 valence electrons. The Bertz CT molecular complexity index is 92.6. The normalized spacial score (nSPS) is 26.2. The van der Waals surface area contributed by atoms with E-state index in [0.29, 0.717) is 0 Å². The first-order valence-corrected chi connectivity index (χ1v) is 2.84. The molecule has 0 radical (unpaired) electrons. The standard InChI is InChI=1S/C5H10N2O/c8-7-5-2-1-3-6-4-5/h6,8H,1-4H2/b7-5+. The molecule has 1 fully saturated rings. The summed E-state index contributed by atoms with van der Waals surface area (Å²) in [6, 6.07) is 0. The second-order valence-electron chi connectivity index (χ2n) is 1.95. The Labute approximate surface area is 48.4 Å². The van der Waals surface area contributed by atoms with E-state index in [2.05, 4.69) is 10.5 Å². The Morgan fingerprint density at radius 3 is 2.88 bits per heavy atom. The summed E-state index contributed by atoms with van der Waals surface area (Å²) in [7, 11) is 0. The van der Waals surface area contributed by atoms with E-state index in [1.807, 2.05) is 0 Å². The maximum atomic E-state index is 8.24. The molecule has 0 aromatic heterocycles. The summed E-state index contributed by atoms with van der Waals surface area (Å²) in [4.78, 5) is 0. The lowest BCUT2D eigenvalue weighted by molar-refractivity contribution is 0.315. The third kappa shape index (κ3) is 1.20. The monoisotopic (exact) mass is 114 g/mol. The molecule has 1 aliphatic heterocycles. The summed E-state index contributed by atoms with van der Waals surface area (Å²) in [5.74, 6) is 0. The quantitative estimate of drug-likeness (QED) is 0.349. The highest BCUT2D eigenvalue weighted by Gasteiger charge is 2.04. The van der Waals surface area contributed by atoms with Gasteiger partial charge in [-0.25, -0.2) is 0 Å². The molecule has 3 nitrogen and oxygen atoms in total. The lowest BCUT2D eigenvalue weighted by Crippen LogP contribution is -2.29. The number of hydrogen-bond donors (Lipinski definition) is 2. The molecule has 1 aliphatic rings.